The lowest BCUT2D eigenvalue weighted by molar-refractivity contribution is 1.12. The van der Waals surface area contributed by atoms with Crippen LogP contribution in [-0.2, 0) is 0 Å². The molecular formula is C25H19N. The zero-order valence-corrected chi connectivity index (χ0v) is 14.7. The molecule has 5 rings (SSSR count). The lowest BCUT2D eigenvalue weighted by Crippen LogP contribution is -2.18. The van der Waals surface area contributed by atoms with E-state index in [1.807, 2.05) is 0 Å². The Balaban J connectivity index is 1.61. The van der Waals surface area contributed by atoms with Crippen molar-refractivity contribution in [1.29, 1.82) is 0 Å². The highest BCUT2D eigenvalue weighted by atomic mass is 15.1. The van der Waals surface area contributed by atoms with Gasteiger partial charge >= 0.3 is 0 Å². The average molecular weight is 333 g/mol. The molecule has 0 bridgehead atoms. The van der Waals surface area contributed by atoms with Gasteiger partial charge < -0.3 is 4.90 Å². The maximum atomic E-state index is 2.26. The molecule has 0 saturated carbocycles. The van der Waals surface area contributed by atoms with Gasteiger partial charge in [0.05, 0.1) is 0 Å². The van der Waals surface area contributed by atoms with Crippen LogP contribution in [0.3, 0.4) is 0 Å². The predicted molar refractivity (Wildman–Crippen MR) is 111 cm³/mol. The summed E-state index contributed by atoms with van der Waals surface area (Å²) in [5, 5.41) is 0. The van der Waals surface area contributed by atoms with Gasteiger partial charge in [0.25, 0.3) is 0 Å². The van der Waals surface area contributed by atoms with Crippen LogP contribution in [0.15, 0.2) is 96.7 Å². The molecule has 3 aromatic carbocycles. The summed E-state index contributed by atoms with van der Waals surface area (Å²) in [7, 11) is 2.13. The number of benzene rings is 3. The maximum Gasteiger partial charge on any atom is 0.0481 e. The first-order valence-corrected chi connectivity index (χ1v) is 8.95. The number of fused-ring (bicyclic) bond motifs is 4. The molecule has 2 aliphatic rings. The second-order valence-electron chi connectivity index (χ2n) is 6.71. The Bertz CT molecular complexity index is 1050. The summed E-state index contributed by atoms with van der Waals surface area (Å²) < 4.78 is 0. The Morgan fingerprint density at radius 3 is 1.88 bits per heavy atom. The molecule has 1 nitrogen and oxygen atoms in total. The minimum absolute atomic E-state index is 1.19. The minimum Gasteiger partial charge on any atom is -0.344 e. The Kier molecular flexibility index (Phi) is 3.39. The molecule has 26 heavy (non-hydrogen) atoms. The molecule has 0 saturated heterocycles. The summed E-state index contributed by atoms with van der Waals surface area (Å²) in [6.45, 7) is 0. The van der Waals surface area contributed by atoms with Gasteiger partial charge in [0, 0.05) is 18.4 Å². The number of likely N-dealkylation sites (N-methyl/N-ethyl adjacent to an activating group) is 1. The number of hydrogen-bond donors (Lipinski definition) is 0. The van der Waals surface area contributed by atoms with Gasteiger partial charge in [0.15, 0.2) is 0 Å². The lowest BCUT2D eigenvalue weighted by atomic mass is 10.0. The van der Waals surface area contributed by atoms with Gasteiger partial charge in [-0.25, -0.2) is 0 Å². The van der Waals surface area contributed by atoms with Crippen LogP contribution in [0.2, 0.25) is 0 Å². The van der Waals surface area contributed by atoms with Crippen molar-refractivity contribution < 1.29 is 0 Å². The number of allylic oxidation sites excluding steroid dienone is 3. The van der Waals surface area contributed by atoms with Crippen LogP contribution < -0.4 is 4.90 Å². The number of para-hydroxylation sites is 1. The fourth-order valence-corrected chi connectivity index (χ4v) is 3.93. The van der Waals surface area contributed by atoms with Crippen molar-refractivity contribution in [3.05, 3.63) is 113 Å². The summed E-state index contributed by atoms with van der Waals surface area (Å²) in [5.74, 6) is 0. The molecule has 1 heterocycles. The highest BCUT2D eigenvalue weighted by Gasteiger charge is 2.22. The minimum atomic E-state index is 1.19. The Morgan fingerprint density at radius 1 is 0.615 bits per heavy atom. The third kappa shape index (κ3) is 2.25. The van der Waals surface area contributed by atoms with E-state index in [2.05, 4.69) is 109 Å². The third-order valence-electron chi connectivity index (χ3n) is 5.26. The standard InChI is InChI=1S/C25H19N/c1-26-19(15-14-18-8-2-7-13-25(18)26)16-17-24-22-11-5-3-9-20(22)21-10-4-6-12-23(21)24/h2-17H,1H3. The molecule has 0 N–H and O–H groups in total. The fraction of sp³-hybridized carbons (Fsp3) is 0.0400. The first-order valence-electron chi connectivity index (χ1n) is 8.95. The second kappa shape index (κ2) is 5.89. The van der Waals surface area contributed by atoms with Gasteiger partial charge in [-0.3, -0.25) is 0 Å². The second-order valence-corrected chi connectivity index (χ2v) is 6.71. The molecule has 0 aromatic heterocycles. The van der Waals surface area contributed by atoms with E-state index in [0.29, 0.717) is 0 Å². The molecule has 0 amide bonds. The number of anilines is 1. The molecule has 124 valence electrons. The monoisotopic (exact) mass is 333 g/mol. The Hall–Kier alpha value is -3.32. The predicted octanol–water partition coefficient (Wildman–Crippen LogP) is 6.15. The van der Waals surface area contributed by atoms with Crippen molar-refractivity contribution in [2.45, 2.75) is 0 Å². The van der Waals surface area contributed by atoms with E-state index in [9.17, 15) is 0 Å². The van der Waals surface area contributed by atoms with Gasteiger partial charge in [-0.05, 0) is 51.6 Å². The van der Waals surface area contributed by atoms with Crippen LogP contribution in [0, 0.1) is 0 Å². The van der Waals surface area contributed by atoms with E-state index in [1.54, 1.807) is 0 Å². The van der Waals surface area contributed by atoms with Gasteiger partial charge in [-0.15, -0.1) is 0 Å². The van der Waals surface area contributed by atoms with E-state index in [0.717, 1.165) is 0 Å². The molecular weight excluding hydrogens is 314 g/mol. The molecule has 0 fully saturated rings. The van der Waals surface area contributed by atoms with Crippen molar-refractivity contribution in [2.75, 3.05) is 11.9 Å². The summed E-state index contributed by atoms with van der Waals surface area (Å²) >= 11 is 0. The zero-order valence-electron chi connectivity index (χ0n) is 14.7. The summed E-state index contributed by atoms with van der Waals surface area (Å²) in [6.07, 6.45) is 8.86. The van der Waals surface area contributed by atoms with Crippen LogP contribution in [0.4, 0.5) is 5.69 Å². The van der Waals surface area contributed by atoms with Gasteiger partial charge in [0.1, 0.15) is 0 Å². The Morgan fingerprint density at radius 2 is 1.19 bits per heavy atom. The summed E-state index contributed by atoms with van der Waals surface area (Å²) in [5.41, 5.74) is 10.3. The van der Waals surface area contributed by atoms with Crippen LogP contribution >= 0.6 is 0 Å². The first-order chi connectivity index (χ1) is 12.8. The lowest BCUT2D eigenvalue weighted by Gasteiger charge is -2.26. The SMILES string of the molecule is CN1C(=CC=C2c3ccccc3-c3ccccc32)C=Cc2ccccc21. The summed E-state index contributed by atoms with van der Waals surface area (Å²) in [4.78, 5) is 2.25. The molecule has 1 aliphatic heterocycles. The average Bonchev–Trinajstić information content (AvgIpc) is 3.02. The van der Waals surface area contributed by atoms with Crippen molar-refractivity contribution in [2.24, 2.45) is 0 Å². The largest absolute Gasteiger partial charge is 0.344 e. The summed E-state index contributed by atoms with van der Waals surface area (Å²) in [6, 6.07) is 25.8. The van der Waals surface area contributed by atoms with Crippen LogP contribution in [0.1, 0.15) is 16.7 Å². The number of rotatable bonds is 1. The molecule has 1 aliphatic carbocycles. The van der Waals surface area contributed by atoms with Crippen LogP contribution in [-0.4, -0.2) is 7.05 Å². The number of nitrogens with zero attached hydrogens (tertiary/aromatic N) is 1. The highest BCUT2D eigenvalue weighted by molar-refractivity contribution is 6.01. The molecule has 0 spiro atoms. The van der Waals surface area contributed by atoms with Gasteiger partial charge in [0.2, 0.25) is 0 Å². The van der Waals surface area contributed by atoms with Gasteiger partial charge in [-0.1, -0.05) is 78.9 Å². The van der Waals surface area contributed by atoms with E-state index >= 15 is 0 Å². The van der Waals surface area contributed by atoms with Crippen LogP contribution in [0.5, 0.6) is 0 Å². The quantitative estimate of drug-likeness (QED) is 0.404. The Labute approximate surface area is 154 Å². The highest BCUT2D eigenvalue weighted by Crippen LogP contribution is 2.44. The van der Waals surface area contributed by atoms with Crippen molar-refractivity contribution in [3.8, 4) is 11.1 Å². The topological polar surface area (TPSA) is 3.24 Å². The first kappa shape index (κ1) is 15.0. The van der Waals surface area contributed by atoms with Crippen molar-refractivity contribution in [1.82, 2.24) is 0 Å². The van der Waals surface area contributed by atoms with Crippen LogP contribution in [0.25, 0.3) is 22.8 Å². The molecule has 1 heteroatoms. The van der Waals surface area contributed by atoms with Crippen molar-refractivity contribution >= 4 is 17.3 Å². The molecule has 0 radical (unpaired) electrons. The maximum absolute atomic E-state index is 2.26. The van der Waals surface area contributed by atoms with Crippen molar-refractivity contribution in [3.63, 3.8) is 0 Å². The third-order valence-corrected chi connectivity index (χ3v) is 5.26. The zero-order chi connectivity index (χ0) is 17.5. The molecule has 0 atom stereocenters. The fourth-order valence-electron chi connectivity index (χ4n) is 3.93. The van der Waals surface area contributed by atoms with E-state index < -0.39 is 0 Å². The normalized spacial score (nSPS) is 15.7. The molecule has 0 unspecified atom stereocenters. The smallest absolute Gasteiger partial charge is 0.0481 e. The van der Waals surface area contributed by atoms with E-state index in [1.165, 1.54) is 44.8 Å². The number of hydrogen-bond acceptors (Lipinski definition) is 1. The molecule has 3 aromatic rings. The van der Waals surface area contributed by atoms with Gasteiger partial charge in [-0.2, -0.15) is 0 Å². The van der Waals surface area contributed by atoms with E-state index in [-0.39, 0.29) is 0 Å². The van der Waals surface area contributed by atoms with E-state index in [4.69, 9.17) is 0 Å².